The van der Waals surface area contributed by atoms with Crippen LogP contribution in [-0.2, 0) is 17.8 Å². The topological polar surface area (TPSA) is 58.6 Å². The van der Waals surface area contributed by atoms with E-state index in [4.69, 9.17) is 21.4 Å². The lowest BCUT2D eigenvalue weighted by molar-refractivity contribution is -0.136. The zero-order valence-electron chi connectivity index (χ0n) is 16.0. The molecule has 152 valence electrons. The molecule has 0 aliphatic rings. The highest BCUT2D eigenvalue weighted by Gasteiger charge is 2.02. The fraction of sp³-hybridized carbons (Fsp3) is 0.318. The summed E-state index contributed by atoms with van der Waals surface area (Å²) < 4.78 is 5.83. The maximum absolute atomic E-state index is 10.4. The Labute approximate surface area is 178 Å². The molecule has 6 heteroatoms. The van der Waals surface area contributed by atoms with E-state index < -0.39 is 5.97 Å². The average molecular weight is 424 g/mol. The second-order valence-corrected chi connectivity index (χ2v) is 6.70. The Morgan fingerprint density at radius 1 is 1.18 bits per heavy atom. The SMILES string of the molecule is CCCc1ccc(COc2ccc(/C=C/CNCCC(=O)O)c(Cl)c2)cc1.Cl. The zero-order chi connectivity index (χ0) is 19.5. The van der Waals surface area contributed by atoms with Gasteiger partial charge in [0.25, 0.3) is 0 Å². The van der Waals surface area contributed by atoms with Crippen LogP contribution in [0.15, 0.2) is 48.5 Å². The molecule has 0 radical (unpaired) electrons. The molecule has 0 heterocycles. The molecule has 0 aromatic heterocycles. The van der Waals surface area contributed by atoms with Crippen LogP contribution < -0.4 is 10.1 Å². The summed E-state index contributed by atoms with van der Waals surface area (Å²) in [5, 5.41) is 12.2. The van der Waals surface area contributed by atoms with E-state index in [0.717, 1.165) is 29.7 Å². The van der Waals surface area contributed by atoms with Gasteiger partial charge in [0.2, 0.25) is 0 Å². The largest absolute Gasteiger partial charge is 0.489 e. The van der Waals surface area contributed by atoms with Crippen LogP contribution in [0.5, 0.6) is 5.75 Å². The van der Waals surface area contributed by atoms with E-state index in [1.165, 1.54) is 5.56 Å². The Kier molecular flexibility index (Phi) is 11.3. The normalized spacial score (nSPS) is 10.6. The van der Waals surface area contributed by atoms with Crippen molar-refractivity contribution in [1.29, 1.82) is 0 Å². The van der Waals surface area contributed by atoms with Gasteiger partial charge in [0.05, 0.1) is 11.4 Å². The van der Waals surface area contributed by atoms with Crippen molar-refractivity contribution in [3.63, 3.8) is 0 Å². The molecule has 0 saturated heterocycles. The smallest absolute Gasteiger partial charge is 0.304 e. The van der Waals surface area contributed by atoms with Crippen molar-refractivity contribution in [1.82, 2.24) is 5.32 Å². The quantitative estimate of drug-likeness (QED) is 0.476. The molecule has 2 rings (SSSR count). The van der Waals surface area contributed by atoms with Crippen molar-refractivity contribution in [2.24, 2.45) is 0 Å². The van der Waals surface area contributed by atoms with Crippen LogP contribution >= 0.6 is 24.0 Å². The van der Waals surface area contributed by atoms with Crippen LogP contribution in [-0.4, -0.2) is 24.2 Å². The lowest BCUT2D eigenvalue weighted by atomic mass is 10.1. The fourth-order valence-corrected chi connectivity index (χ4v) is 2.79. The van der Waals surface area contributed by atoms with Crippen LogP contribution in [0.25, 0.3) is 6.08 Å². The molecule has 0 fully saturated rings. The second kappa shape index (κ2) is 13.2. The zero-order valence-corrected chi connectivity index (χ0v) is 17.6. The van der Waals surface area contributed by atoms with Crippen molar-refractivity contribution in [3.8, 4) is 5.75 Å². The molecule has 0 aliphatic carbocycles. The minimum atomic E-state index is -0.804. The number of ether oxygens (including phenoxy) is 1. The third-order valence-electron chi connectivity index (χ3n) is 4.01. The summed E-state index contributed by atoms with van der Waals surface area (Å²) in [6.45, 7) is 3.72. The molecule has 0 amide bonds. The maximum atomic E-state index is 10.4. The van der Waals surface area contributed by atoms with Crippen molar-refractivity contribution in [3.05, 3.63) is 70.3 Å². The lowest BCUT2D eigenvalue weighted by Crippen LogP contribution is -2.17. The van der Waals surface area contributed by atoms with Gasteiger partial charge in [-0.3, -0.25) is 4.79 Å². The first kappa shape index (κ1) is 24.0. The molecule has 2 N–H and O–H groups in total. The number of aryl methyl sites for hydroxylation is 1. The monoisotopic (exact) mass is 423 g/mol. The molecule has 0 spiro atoms. The van der Waals surface area contributed by atoms with Gasteiger partial charge in [0.1, 0.15) is 12.4 Å². The third kappa shape index (κ3) is 8.79. The summed E-state index contributed by atoms with van der Waals surface area (Å²) in [5.74, 6) is -0.0728. The van der Waals surface area contributed by atoms with Crippen molar-refractivity contribution >= 4 is 36.1 Å². The van der Waals surface area contributed by atoms with E-state index in [2.05, 4.69) is 36.5 Å². The molecule has 4 nitrogen and oxygen atoms in total. The van der Waals surface area contributed by atoms with Gasteiger partial charge in [-0.1, -0.05) is 61.4 Å². The lowest BCUT2D eigenvalue weighted by Gasteiger charge is -2.09. The molecule has 0 atom stereocenters. The Balaban J connectivity index is 0.00000392. The number of benzene rings is 2. The molecule has 2 aromatic carbocycles. The summed E-state index contributed by atoms with van der Waals surface area (Å²) in [6, 6.07) is 14.1. The van der Waals surface area contributed by atoms with E-state index in [0.29, 0.717) is 24.7 Å². The summed E-state index contributed by atoms with van der Waals surface area (Å²) in [7, 11) is 0. The Morgan fingerprint density at radius 2 is 1.89 bits per heavy atom. The van der Waals surface area contributed by atoms with Gasteiger partial charge in [-0.05, 0) is 41.3 Å². The number of hydrogen-bond donors (Lipinski definition) is 2. The van der Waals surface area contributed by atoms with Crippen LogP contribution in [0, 0.1) is 0 Å². The Hall–Kier alpha value is -2.01. The molecule has 2 aromatic rings. The second-order valence-electron chi connectivity index (χ2n) is 6.29. The number of carboxylic acid groups (broad SMARTS) is 1. The predicted octanol–water partition coefficient (Wildman–Crippen LogP) is 5.37. The molecule has 0 aliphatic heterocycles. The summed E-state index contributed by atoms with van der Waals surface area (Å²) >= 11 is 6.32. The number of rotatable bonds is 11. The van der Waals surface area contributed by atoms with Gasteiger partial charge in [0, 0.05) is 13.1 Å². The number of nitrogens with one attached hydrogen (secondary N) is 1. The highest BCUT2D eigenvalue weighted by atomic mass is 35.5. The number of carbonyl (C=O) groups is 1. The maximum Gasteiger partial charge on any atom is 0.304 e. The van der Waals surface area contributed by atoms with Crippen LogP contribution in [0.4, 0.5) is 0 Å². The summed E-state index contributed by atoms with van der Waals surface area (Å²) in [5.41, 5.74) is 3.37. The minimum absolute atomic E-state index is 0. The van der Waals surface area contributed by atoms with Crippen LogP contribution in [0.1, 0.15) is 36.5 Å². The van der Waals surface area contributed by atoms with Gasteiger partial charge < -0.3 is 15.2 Å². The number of halogens is 2. The van der Waals surface area contributed by atoms with E-state index >= 15 is 0 Å². The van der Waals surface area contributed by atoms with Gasteiger partial charge in [-0.15, -0.1) is 12.4 Å². The molecule has 0 unspecified atom stereocenters. The molecule has 28 heavy (non-hydrogen) atoms. The van der Waals surface area contributed by atoms with Crippen molar-refractivity contribution in [2.75, 3.05) is 13.1 Å². The van der Waals surface area contributed by atoms with Crippen LogP contribution in [0.3, 0.4) is 0 Å². The third-order valence-corrected chi connectivity index (χ3v) is 4.34. The Morgan fingerprint density at radius 3 is 2.54 bits per heavy atom. The van der Waals surface area contributed by atoms with Gasteiger partial charge in [-0.25, -0.2) is 0 Å². The summed E-state index contributed by atoms with van der Waals surface area (Å²) in [4.78, 5) is 10.4. The summed E-state index contributed by atoms with van der Waals surface area (Å²) in [6.07, 6.45) is 6.18. The van der Waals surface area contributed by atoms with E-state index in [-0.39, 0.29) is 18.8 Å². The fourth-order valence-electron chi connectivity index (χ4n) is 2.56. The first-order chi connectivity index (χ1) is 13.1. The first-order valence-corrected chi connectivity index (χ1v) is 9.55. The number of carboxylic acids is 1. The molecular weight excluding hydrogens is 397 g/mol. The van der Waals surface area contributed by atoms with Crippen LogP contribution in [0.2, 0.25) is 5.02 Å². The number of aliphatic carboxylic acids is 1. The average Bonchev–Trinajstić information content (AvgIpc) is 2.65. The van der Waals surface area contributed by atoms with E-state index in [9.17, 15) is 4.79 Å². The Bertz CT molecular complexity index is 761. The van der Waals surface area contributed by atoms with E-state index in [1.54, 1.807) is 0 Å². The molecule has 0 saturated carbocycles. The van der Waals surface area contributed by atoms with Crippen molar-refractivity contribution < 1.29 is 14.6 Å². The van der Waals surface area contributed by atoms with Crippen molar-refractivity contribution in [2.45, 2.75) is 32.8 Å². The highest BCUT2D eigenvalue weighted by molar-refractivity contribution is 6.32. The van der Waals surface area contributed by atoms with Gasteiger partial charge in [0.15, 0.2) is 0 Å². The molecular formula is C22H27Cl2NO3. The molecule has 0 bridgehead atoms. The predicted molar refractivity (Wildman–Crippen MR) is 118 cm³/mol. The first-order valence-electron chi connectivity index (χ1n) is 9.17. The highest BCUT2D eigenvalue weighted by Crippen LogP contribution is 2.24. The van der Waals surface area contributed by atoms with Gasteiger partial charge >= 0.3 is 5.97 Å². The number of hydrogen-bond acceptors (Lipinski definition) is 3. The van der Waals surface area contributed by atoms with E-state index in [1.807, 2.05) is 30.4 Å². The minimum Gasteiger partial charge on any atom is -0.489 e. The standard InChI is InChI=1S/C22H26ClNO3.ClH/c1-2-4-17-6-8-18(9-7-17)16-27-20-11-10-19(21(23)15-20)5-3-13-24-14-12-22(25)26;/h3,5-11,15,24H,2,4,12-14,16H2,1H3,(H,25,26);1H/b5-3+;. The van der Waals surface area contributed by atoms with Gasteiger partial charge in [-0.2, -0.15) is 0 Å².